The molecule has 1 aliphatic rings. The van der Waals surface area contributed by atoms with E-state index in [1.807, 2.05) is 49.5 Å². The normalized spacial score (nSPS) is 16.2. The zero-order valence-electron chi connectivity index (χ0n) is 18.1. The van der Waals surface area contributed by atoms with Gasteiger partial charge in [0.15, 0.2) is 0 Å². The van der Waals surface area contributed by atoms with Gasteiger partial charge in [0.05, 0.1) is 24.1 Å². The first-order valence-corrected chi connectivity index (χ1v) is 11.1. The molecule has 0 bridgehead atoms. The summed E-state index contributed by atoms with van der Waals surface area (Å²) in [4.78, 5) is 19.9. The van der Waals surface area contributed by atoms with Gasteiger partial charge in [-0.05, 0) is 63.0 Å². The van der Waals surface area contributed by atoms with E-state index in [4.69, 9.17) is 9.47 Å². The van der Waals surface area contributed by atoms with Gasteiger partial charge < -0.3 is 9.47 Å². The van der Waals surface area contributed by atoms with E-state index in [2.05, 4.69) is 34.1 Å². The highest BCUT2D eigenvalue weighted by Gasteiger charge is 2.42. The summed E-state index contributed by atoms with van der Waals surface area (Å²) in [7, 11) is 0. The summed E-state index contributed by atoms with van der Waals surface area (Å²) in [6.07, 6.45) is 4.08. The lowest BCUT2D eigenvalue weighted by Gasteiger charge is -2.40. The molecule has 3 aromatic rings. The minimum atomic E-state index is -0.474. The average Bonchev–Trinajstić information content (AvgIpc) is 2.81. The molecular formula is C26H30N2O3. The summed E-state index contributed by atoms with van der Waals surface area (Å²) in [5.41, 5.74) is 1.82. The molecular weight excluding hydrogens is 388 g/mol. The first-order chi connectivity index (χ1) is 15.2. The number of piperidine rings is 1. The van der Waals surface area contributed by atoms with Gasteiger partial charge in [-0.15, -0.1) is 0 Å². The molecule has 31 heavy (non-hydrogen) atoms. The second kappa shape index (κ2) is 9.92. The van der Waals surface area contributed by atoms with Crippen molar-refractivity contribution in [1.82, 2.24) is 9.88 Å². The van der Waals surface area contributed by atoms with Crippen molar-refractivity contribution in [3.8, 4) is 5.75 Å². The van der Waals surface area contributed by atoms with Crippen molar-refractivity contribution in [3.63, 3.8) is 0 Å². The molecule has 0 N–H and O–H groups in total. The third-order valence-corrected chi connectivity index (χ3v) is 6.22. The minimum absolute atomic E-state index is 0.0851. The lowest BCUT2D eigenvalue weighted by molar-refractivity contribution is -0.159. The highest BCUT2D eigenvalue weighted by Crippen LogP contribution is 2.37. The van der Waals surface area contributed by atoms with Gasteiger partial charge >= 0.3 is 5.97 Å². The van der Waals surface area contributed by atoms with Crippen LogP contribution in [0.25, 0.3) is 10.9 Å². The average molecular weight is 419 g/mol. The number of esters is 1. The van der Waals surface area contributed by atoms with Crippen LogP contribution in [-0.2, 0) is 16.1 Å². The summed E-state index contributed by atoms with van der Waals surface area (Å²) in [5.74, 6) is 0.750. The molecule has 5 nitrogen and oxygen atoms in total. The van der Waals surface area contributed by atoms with Crippen molar-refractivity contribution in [3.05, 3.63) is 72.4 Å². The Labute approximate surface area is 184 Å². The standard InChI is InChI=1S/C26H30N2O3/c1-2-30-25(29)26(15-19-31-23-11-4-3-5-12-23)13-17-28(18-14-26)20-22-9-6-8-21-10-7-16-27-24(21)22/h3-12,16H,2,13-15,17-20H2,1H3. The lowest BCUT2D eigenvalue weighted by atomic mass is 9.75. The van der Waals surface area contributed by atoms with Crippen molar-refractivity contribution in [2.24, 2.45) is 5.41 Å². The molecule has 1 fully saturated rings. The Morgan fingerprint density at radius 3 is 2.58 bits per heavy atom. The van der Waals surface area contributed by atoms with Gasteiger partial charge in [-0.3, -0.25) is 14.7 Å². The highest BCUT2D eigenvalue weighted by atomic mass is 16.5. The number of aromatic nitrogens is 1. The molecule has 0 aliphatic carbocycles. The van der Waals surface area contributed by atoms with E-state index in [-0.39, 0.29) is 5.97 Å². The quantitative estimate of drug-likeness (QED) is 0.490. The summed E-state index contributed by atoms with van der Waals surface area (Å²) in [5, 5.41) is 1.16. The molecule has 0 saturated carbocycles. The predicted octanol–water partition coefficient (Wildman–Crippen LogP) is 4.85. The molecule has 1 aliphatic heterocycles. The van der Waals surface area contributed by atoms with Gasteiger partial charge in [0, 0.05) is 18.1 Å². The van der Waals surface area contributed by atoms with Crippen LogP contribution in [0, 0.1) is 5.41 Å². The molecule has 5 heteroatoms. The number of para-hydroxylation sites is 2. The number of likely N-dealkylation sites (tertiary alicyclic amines) is 1. The van der Waals surface area contributed by atoms with Crippen LogP contribution in [0.2, 0.25) is 0 Å². The Morgan fingerprint density at radius 2 is 1.81 bits per heavy atom. The lowest BCUT2D eigenvalue weighted by Crippen LogP contribution is -2.45. The molecule has 0 radical (unpaired) electrons. The van der Waals surface area contributed by atoms with Crippen LogP contribution in [0.1, 0.15) is 31.7 Å². The van der Waals surface area contributed by atoms with E-state index in [1.165, 1.54) is 5.56 Å². The van der Waals surface area contributed by atoms with E-state index >= 15 is 0 Å². The number of carbonyl (C=O) groups excluding carboxylic acids is 1. The molecule has 162 valence electrons. The first kappa shape index (κ1) is 21.3. The topological polar surface area (TPSA) is 51.7 Å². The molecule has 0 spiro atoms. The van der Waals surface area contributed by atoms with Crippen LogP contribution in [0.15, 0.2) is 66.9 Å². The molecule has 0 atom stereocenters. The monoisotopic (exact) mass is 418 g/mol. The number of fused-ring (bicyclic) bond motifs is 1. The van der Waals surface area contributed by atoms with Crippen LogP contribution in [0.5, 0.6) is 5.75 Å². The molecule has 0 amide bonds. The van der Waals surface area contributed by atoms with E-state index in [9.17, 15) is 4.79 Å². The number of hydrogen-bond donors (Lipinski definition) is 0. The van der Waals surface area contributed by atoms with Crippen molar-refractivity contribution in [2.75, 3.05) is 26.3 Å². The van der Waals surface area contributed by atoms with E-state index in [0.717, 1.165) is 49.1 Å². The fourth-order valence-corrected chi connectivity index (χ4v) is 4.40. The zero-order valence-corrected chi connectivity index (χ0v) is 18.1. The predicted molar refractivity (Wildman–Crippen MR) is 122 cm³/mol. The smallest absolute Gasteiger partial charge is 0.312 e. The van der Waals surface area contributed by atoms with Crippen LogP contribution in [-0.4, -0.2) is 42.2 Å². The van der Waals surface area contributed by atoms with Crippen molar-refractivity contribution in [1.29, 1.82) is 0 Å². The number of carbonyl (C=O) groups is 1. The second-order valence-electron chi connectivity index (χ2n) is 8.18. The van der Waals surface area contributed by atoms with Gasteiger partial charge in [0.1, 0.15) is 5.75 Å². The fourth-order valence-electron chi connectivity index (χ4n) is 4.40. The molecule has 1 aromatic heterocycles. The first-order valence-electron chi connectivity index (χ1n) is 11.1. The van der Waals surface area contributed by atoms with Gasteiger partial charge in [-0.25, -0.2) is 0 Å². The number of ether oxygens (including phenoxy) is 2. The number of nitrogens with zero attached hydrogens (tertiary/aromatic N) is 2. The Morgan fingerprint density at radius 1 is 1.03 bits per heavy atom. The number of hydrogen-bond acceptors (Lipinski definition) is 5. The largest absolute Gasteiger partial charge is 0.494 e. The Bertz CT molecular complexity index is 992. The Hall–Kier alpha value is -2.92. The maximum Gasteiger partial charge on any atom is 0.312 e. The summed E-state index contributed by atoms with van der Waals surface area (Å²) in [6.45, 7) is 5.34. The number of pyridine rings is 1. The van der Waals surface area contributed by atoms with Crippen molar-refractivity contribution in [2.45, 2.75) is 32.7 Å². The second-order valence-corrected chi connectivity index (χ2v) is 8.18. The fraction of sp³-hybridized carbons (Fsp3) is 0.385. The van der Waals surface area contributed by atoms with E-state index in [1.54, 1.807) is 0 Å². The van der Waals surface area contributed by atoms with Crippen LogP contribution in [0.4, 0.5) is 0 Å². The molecule has 2 aromatic carbocycles. The maximum absolute atomic E-state index is 12.9. The number of benzene rings is 2. The van der Waals surface area contributed by atoms with Gasteiger partial charge in [-0.2, -0.15) is 0 Å². The Balaban J connectivity index is 1.40. The summed E-state index contributed by atoms with van der Waals surface area (Å²) < 4.78 is 11.4. The van der Waals surface area contributed by atoms with E-state index < -0.39 is 5.41 Å². The third-order valence-electron chi connectivity index (χ3n) is 6.22. The molecule has 2 heterocycles. The van der Waals surface area contributed by atoms with Crippen molar-refractivity contribution >= 4 is 16.9 Å². The van der Waals surface area contributed by atoms with Gasteiger partial charge in [0.25, 0.3) is 0 Å². The summed E-state index contributed by atoms with van der Waals surface area (Å²) >= 11 is 0. The SMILES string of the molecule is CCOC(=O)C1(CCOc2ccccc2)CCN(Cc2cccc3cccnc23)CC1. The van der Waals surface area contributed by atoms with Gasteiger partial charge in [-0.1, -0.05) is 42.5 Å². The molecule has 1 saturated heterocycles. The molecule has 0 unspecified atom stereocenters. The minimum Gasteiger partial charge on any atom is -0.494 e. The van der Waals surface area contributed by atoms with Crippen LogP contribution < -0.4 is 4.74 Å². The zero-order chi connectivity index (χ0) is 21.5. The Kier molecular flexibility index (Phi) is 6.82. The summed E-state index contributed by atoms with van der Waals surface area (Å²) in [6, 6.07) is 20.2. The van der Waals surface area contributed by atoms with Crippen LogP contribution in [0.3, 0.4) is 0 Å². The third kappa shape index (κ3) is 5.05. The van der Waals surface area contributed by atoms with Crippen LogP contribution >= 0.6 is 0 Å². The highest BCUT2D eigenvalue weighted by molar-refractivity contribution is 5.81. The van der Waals surface area contributed by atoms with Crippen molar-refractivity contribution < 1.29 is 14.3 Å². The molecule has 4 rings (SSSR count). The maximum atomic E-state index is 12.9. The number of rotatable bonds is 8. The van der Waals surface area contributed by atoms with E-state index in [0.29, 0.717) is 19.6 Å². The van der Waals surface area contributed by atoms with Gasteiger partial charge in [0.2, 0.25) is 0 Å².